The monoisotopic (exact) mass is 237 g/mol. The Kier molecular flexibility index (Phi) is 3.22. The van der Waals surface area contributed by atoms with Gasteiger partial charge in [-0.1, -0.05) is 11.6 Å². The molecule has 0 spiro atoms. The second-order valence-corrected chi connectivity index (χ2v) is 4.08. The number of hydrogen-bond acceptors (Lipinski definition) is 3. The second-order valence-electron chi connectivity index (χ2n) is 3.64. The molecule has 1 atom stereocenters. The normalized spacial score (nSPS) is 12.7. The van der Waals surface area contributed by atoms with Crippen LogP contribution in [0.3, 0.4) is 0 Å². The van der Waals surface area contributed by atoms with Gasteiger partial charge in [0.1, 0.15) is 6.10 Å². The van der Waals surface area contributed by atoms with Crippen molar-refractivity contribution in [1.82, 2.24) is 14.8 Å². The van der Waals surface area contributed by atoms with Crippen molar-refractivity contribution >= 4 is 11.6 Å². The molecule has 2 aromatic rings. The number of aromatic nitrogens is 3. The van der Waals surface area contributed by atoms with Gasteiger partial charge in [-0.15, -0.1) is 0 Å². The molecule has 0 saturated carbocycles. The summed E-state index contributed by atoms with van der Waals surface area (Å²) in [6.45, 7) is 0. The van der Waals surface area contributed by atoms with Crippen molar-refractivity contribution in [3.8, 4) is 0 Å². The minimum absolute atomic E-state index is 0.502. The summed E-state index contributed by atoms with van der Waals surface area (Å²) in [7, 11) is 1.84. The molecule has 2 heterocycles. The molecule has 0 radical (unpaired) electrons. The smallest absolute Gasteiger partial charge is 0.100 e. The van der Waals surface area contributed by atoms with E-state index in [9.17, 15) is 5.11 Å². The third-order valence-electron chi connectivity index (χ3n) is 2.28. The Bertz CT molecular complexity index is 466. The minimum atomic E-state index is -0.624. The van der Waals surface area contributed by atoms with Crippen molar-refractivity contribution < 1.29 is 5.11 Å². The van der Waals surface area contributed by atoms with Crippen LogP contribution >= 0.6 is 11.6 Å². The van der Waals surface area contributed by atoms with Crippen LogP contribution < -0.4 is 0 Å². The summed E-state index contributed by atoms with van der Waals surface area (Å²) in [5, 5.41) is 14.5. The van der Waals surface area contributed by atoms with E-state index in [-0.39, 0.29) is 0 Å². The highest BCUT2D eigenvalue weighted by atomic mass is 35.5. The lowest BCUT2D eigenvalue weighted by atomic mass is 10.1. The number of nitrogens with zero attached hydrogens (tertiary/aromatic N) is 3. The van der Waals surface area contributed by atoms with Crippen molar-refractivity contribution in [1.29, 1.82) is 0 Å². The van der Waals surface area contributed by atoms with Crippen LogP contribution in [-0.4, -0.2) is 19.9 Å². The van der Waals surface area contributed by atoms with Gasteiger partial charge in [0.25, 0.3) is 0 Å². The van der Waals surface area contributed by atoms with E-state index in [0.717, 1.165) is 5.56 Å². The summed E-state index contributed by atoms with van der Waals surface area (Å²) in [5.41, 5.74) is 1.60. The van der Waals surface area contributed by atoms with E-state index in [1.165, 1.54) is 6.20 Å². The van der Waals surface area contributed by atoms with Gasteiger partial charge in [-0.25, -0.2) is 0 Å². The van der Waals surface area contributed by atoms with E-state index >= 15 is 0 Å². The van der Waals surface area contributed by atoms with Gasteiger partial charge in [0.2, 0.25) is 0 Å². The van der Waals surface area contributed by atoms with Gasteiger partial charge in [-0.05, 0) is 17.7 Å². The maximum atomic E-state index is 9.93. The van der Waals surface area contributed by atoms with E-state index in [0.29, 0.717) is 17.1 Å². The Morgan fingerprint density at radius 3 is 2.81 bits per heavy atom. The zero-order chi connectivity index (χ0) is 11.5. The first-order chi connectivity index (χ1) is 7.65. The Morgan fingerprint density at radius 2 is 2.25 bits per heavy atom. The SMILES string of the molecule is Cn1cc(CC(O)c2ccc(Cl)cn2)cn1. The lowest BCUT2D eigenvalue weighted by Gasteiger charge is -2.08. The van der Waals surface area contributed by atoms with Gasteiger partial charge < -0.3 is 5.11 Å². The van der Waals surface area contributed by atoms with Crippen molar-refractivity contribution in [2.45, 2.75) is 12.5 Å². The molecule has 0 aromatic carbocycles. The Morgan fingerprint density at radius 1 is 1.44 bits per heavy atom. The number of hydrogen-bond donors (Lipinski definition) is 1. The van der Waals surface area contributed by atoms with E-state index in [2.05, 4.69) is 10.1 Å². The highest BCUT2D eigenvalue weighted by Crippen LogP contribution is 2.17. The molecule has 1 unspecified atom stereocenters. The average Bonchev–Trinajstić information content (AvgIpc) is 2.65. The molecule has 5 heteroatoms. The lowest BCUT2D eigenvalue weighted by Crippen LogP contribution is -2.03. The maximum Gasteiger partial charge on any atom is 0.100 e. The van der Waals surface area contributed by atoms with Crippen LogP contribution in [0.15, 0.2) is 30.7 Å². The van der Waals surface area contributed by atoms with Gasteiger partial charge in [0.15, 0.2) is 0 Å². The molecule has 0 saturated heterocycles. The number of aliphatic hydroxyl groups excluding tert-OH is 1. The van der Waals surface area contributed by atoms with Crippen LogP contribution in [0, 0.1) is 0 Å². The number of rotatable bonds is 3. The Hall–Kier alpha value is -1.39. The van der Waals surface area contributed by atoms with E-state index < -0.39 is 6.10 Å². The molecule has 0 bridgehead atoms. The van der Waals surface area contributed by atoms with Gasteiger partial charge >= 0.3 is 0 Å². The number of aliphatic hydroxyl groups is 1. The molecule has 84 valence electrons. The number of aryl methyl sites for hydroxylation is 1. The van der Waals surface area contributed by atoms with Crippen LogP contribution in [0.1, 0.15) is 17.4 Å². The molecule has 2 aromatic heterocycles. The Balaban J connectivity index is 2.08. The lowest BCUT2D eigenvalue weighted by molar-refractivity contribution is 0.173. The van der Waals surface area contributed by atoms with Crippen molar-refractivity contribution in [2.75, 3.05) is 0 Å². The largest absolute Gasteiger partial charge is 0.386 e. The fraction of sp³-hybridized carbons (Fsp3) is 0.273. The van der Waals surface area contributed by atoms with E-state index in [1.54, 1.807) is 23.0 Å². The first kappa shape index (κ1) is 11.1. The summed E-state index contributed by atoms with van der Waals surface area (Å²) in [6.07, 6.45) is 5.02. The standard InChI is InChI=1S/C11H12ClN3O/c1-15-7-8(5-14-15)4-11(16)10-3-2-9(12)6-13-10/h2-3,5-7,11,16H,4H2,1H3. The van der Waals surface area contributed by atoms with Crippen LogP contribution in [0.2, 0.25) is 5.02 Å². The molecule has 0 amide bonds. The van der Waals surface area contributed by atoms with Gasteiger partial charge in [-0.3, -0.25) is 9.67 Å². The van der Waals surface area contributed by atoms with Crippen LogP contribution in [0.25, 0.3) is 0 Å². The molecule has 1 N–H and O–H groups in total. The topological polar surface area (TPSA) is 50.9 Å². The summed E-state index contributed by atoms with van der Waals surface area (Å²) in [4.78, 5) is 4.07. The third-order valence-corrected chi connectivity index (χ3v) is 2.50. The summed E-state index contributed by atoms with van der Waals surface area (Å²) >= 11 is 5.72. The minimum Gasteiger partial charge on any atom is -0.386 e. The second kappa shape index (κ2) is 4.63. The van der Waals surface area contributed by atoms with Crippen molar-refractivity contribution in [3.63, 3.8) is 0 Å². The number of pyridine rings is 1. The quantitative estimate of drug-likeness (QED) is 0.885. The summed E-state index contributed by atoms with van der Waals surface area (Å²) < 4.78 is 1.71. The first-order valence-electron chi connectivity index (χ1n) is 4.92. The highest BCUT2D eigenvalue weighted by molar-refractivity contribution is 6.30. The predicted molar refractivity (Wildman–Crippen MR) is 61.1 cm³/mol. The fourth-order valence-corrected chi connectivity index (χ4v) is 1.60. The zero-order valence-corrected chi connectivity index (χ0v) is 9.59. The zero-order valence-electron chi connectivity index (χ0n) is 8.84. The van der Waals surface area contributed by atoms with Gasteiger partial charge in [0.05, 0.1) is 16.9 Å². The number of halogens is 1. The van der Waals surface area contributed by atoms with Crippen LogP contribution in [0.5, 0.6) is 0 Å². The predicted octanol–water partition coefficient (Wildman–Crippen LogP) is 1.74. The molecule has 4 nitrogen and oxygen atoms in total. The highest BCUT2D eigenvalue weighted by Gasteiger charge is 2.10. The molecular formula is C11H12ClN3O. The molecule has 0 fully saturated rings. The van der Waals surface area contributed by atoms with E-state index in [4.69, 9.17) is 11.6 Å². The van der Waals surface area contributed by atoms with Crippen molar-refractivity contribution in [2.24, 2.45) is 7.05 Å². The third kappa shape index (κ3) is 2.59. The van der Waals surface area contributed by atoms with Crippen LogP contribution in [-0.2, 0) is 13.5 Å². The Labute approximate surface area is 98.5 Å². The molecule has 16 heavy (non-hydrogen) atoms. The summed E-state index contributed by atoms with van der Waals surface area (Å²) in [5.74, 6) is 0. The van der Waals surface area contributed by atoms with Crippen LogP contribution in [0.4, 0.5) is 0 Å². The average molecular weight is 238 g/mol. The van der Waals surface area contributed by atoms with Gasteiger partial charge in [-0.2, -0.15) is 5.10 Å². The molecular weight excluding hydrogens is 226 g/mol. The first-order valence-corrected chi connectivity index (χ1v) is 5.30. The fourth-order valence-electron chi connectivity index (χ4n) is 1.49. The molecule has 0 aliphatic heterocycles. The molecule has 0 aliphatic carbocycles. The van der Waals surface area contributed by atoms with Crippen molar-refractivity contribution in [3.05, 3.63) is 47.0 Å². The maximum absolute atomic E-state index is 9.93. The van der Waals surface area contributed by atoms with Gasteiger partial charge in [0, 0.05) is 25.9 Å². The molecule has 0 aliphatic rings. The summed E-state index contributed by atoms with van der Waals surface area (Å²) in [6, 6.07) is 3.44. The molecule has 2 rings (SSSR count). The van der Waals surface area contributed by atoms with E-state index in [1.807, 2.05) is 13.2 Å².